The molecule has 0 bridgehead atoms. The number of para-hydroxylation sites is 1. The third-order valence-corrected chi connectivity index (χ3v) is 3.60. The lowest BCUT2D eigenvalue weighted by Crippen LogP contribution is -2.15. The third-order valence-electron chi connectivity index (χ3n) is 3.60. The van der Waals surface area contributed by atoms with E-state index in [4.69, 9.17) is 10.8 Å². The number of rotatable bonds is 3. The van der Waals surface area contributed by atoms with Crippen LogP contribution in [0.25, 0.3) is 10.9 Å². The van der Waals surface area contributed by atoms with E-state index in [1.54, 1.807) is 0 Å². The van der Waals surface area contributed by atoms with Crippen LogP contribution in [0.3, 0.4) is 0 Å². The minimum atomic E-state index is -0.731. The molecule has 0 amide bonds. The highest BCUT2D eigenvalue weighted by Gasteiger charge is 2.47. The quantitative estimate of drug-likeness (QED) is 0.753. The van der Waals surface area contributed by atoms with E-state index in [-0.39, 0.29) is 17.9 Å². The molecule has 3 rings (SSSR count). The van der Waals surface area contributed by atoms with Crippen molar-refractivity contribution in [2.75, 3.05) is 0 Å². The highest BCUT2D eigenvalue weighted by atomic mass is 16.4. The van der Waals surface area contributed by atoms with Crippen molar-refractivity contribution >= 4 is 16.9 Å². The van der Waals surface area contributed by atoms with Gasteiger partial charge in [0.05, 0.1) is 5.92 Å². The van der Waals surface area contributed by atoms with Crippen LogP contribution in [0.5, 0.6) is 0 Å². The molecule has 17 heavy (non-hydrogen) atoms. The number of carboxylic acids is 1. The number of aromatic amines is 1. The van der Waals surface area contributed by atoms with Gasteiger partial charge in [-0.25, -0.2) is 0 Å². The van der Waals surface area contributed by atoms with Crippen molar-refractivity contribution in [2.24, 2.45) is 17.6 Å². The Morgan fingerprint density at radius 1 is 1.47 bits per heavy atom. The number of benzene rings is 1. The maximum Gasteiger partial charge on any atom is 0.306 e. The number of aliphatic carboxylic acids is 1. The van der Waals surface area contributed by atoms with Gasteiger partial charge >= 0.3 is 5.97 Å². The first-order valence-electron chi connectivity index (χ1n) is 5.73. The van der Waals surface area contributed by atoms with Gasteiger partial charge in [-0.05, 0) is 24.0 Å². The second kappa shape index (κ2) is 3.60. The molecule has 88 valence electrons. The Morgan fingerprint density at radius 2 is 2.24 bits per heavy atom. The lowest BCUT2D eigenvalue weighted by atomic mass is 10.0. The Kier molecular flexibility index (Phi) is 2.19. The third kappa shape index (κ3) is 1.61. The molecule has 1 heterocycles. The number of aromatic nitrogens is 1. The van der Waals surface area contributed by atoms with Gasteiger partial charge in [0.25, 0.3) is 0 Å². The molecule has 2 aromatic rings. The maximum absolute atomic E-state index is 10.8. The summed E-state index contributed by atoms with van der Waals surface area (Å²) >= 11 is 0. The topological polar surface area (TPSA) is 79.1 Å². The summed E-state index contributed by atoms with van der Waals surface area (Å²) in [6, 6.07) is 7.75. The zero-order valence-electron chi connectivity index (χ0n) is 9.26. The fourth-order valence-electron chi connectivity index (χ4n) is 2.50. The van der Waals surface area contributed by atoms with Gasteiger partial charge in [-0.3, -0.25) is 4.79 Å². The van der Waals surface area contributed by atoms with Crippen LogP contribution >= 0.6 is 0 Å². The van der Waals surface area contributed by atoms with E-state index < -0.39 is 5.97 Å². The lowest BCUT2D eigenvalue weighted by Gasteiger charge is -2.09. The number of H-pyrrole nitrogens is 1. The van der Waals surface area contributed by atoms with Gasteiger partial charge in [0.2, 0.25) is 0 Å². The summed E-state index contributed by atoms with van der Waals surface area (Å²) < 4.78 is 0. The molecule has 0 radical (unpaired) electrons. The van der Waals surface area contributed by atoms with E-state index in [0.717, 1.165) is 16.5 Å². The first-order chi connectivity index (χ1) is 8.18. The average Bonchev–Trinajstić information content (AvgIpc) is 3.02. The van der Waals surface area contributed by atoms with Crippen LogP contribution in [-0.4, -0.2) is 16.1 Å². The molecule has 4 nitrogen and oxygen atoms in total. The number of nitrogens with two attached hydrogens (primary N) is 1. The van der Waals surface area contributed by atoms with Crippen molar-refractivity contribution in [1.82, 2.24) is 4.98 Å². The van der Waals surface area contributed by atoms with E-state index >= 15 is 0 Å². The molecule has 0 spiro atoms. The summed E-state index contributed by atoms with van der Waals surface area (Å²) in [6.07, 6.45) is 2.59. The number of carboxylic acid groups (broad SMARTS) is 1. The number of hydrogen-bond donors (Lipinski definition) is 3. The second-order valence-corrected chi connectivity index (χ2v) is 4.66. The Bertz CT molecular complexity index is 576. The normalized spacial score (nSPS) is 24.8. The van der Waals surface area contributed by atoms with Crippen LogP contribution in [0.15, 0.2) is 30.5 Å². The summed E-state index contributed by atoms with van der Waals surface area (Å²) in [5, 5.41) is 10.0. The summed E-state index contributed by atoms with van der Waals surface area (Å²) in [6.45, 7) is 0. The Hall–Kier alpha value is -1.81. The predicted molar refractivity (Wildman–Crippen MR) is 64.5 cm³/mol. The van der Waals surface area contributed by atoms with E-state index in [0.29, 0.717) is 6.42 Å². The largest absolute Gasteiger partial charge is 0.481 e. The molecule has 0 saturated heterocycles. The standard InChI is InChI=1S/C13H14N2O2/c14-12(8-5-9(8)13(16)17)10-6-15-11-4-2-1-3-7(10)11/h1-4,6,8-9,12,15H,5,14H2,(H,16,17). The molecule has 1 aromatic carbocycles. The zero-order valence-corrected chi connectivity index (χ0v) is 9.26. The fraction of sp³-hybridized carbons (Fsp3) is 0.308. The molecule has 3 unspecified atom stereocenters. The van der Waals surface area contributed by atoms with Gasteiger partial charge in [-0.1, -0.05) is 18.2 Å². The monoisotopic (exact) mass is 230 g/mol. The maximum atomic E-state index is 10.8. The molecule has 1 fully saturated rings. The van der Waals surface area contributed by atoms with Gasteiger partial charge in [0.1, 0.15) is 0 Å². The SMILES string of the molecule is NC(c1c[nH]c2ccccc12)C1CC1C(=O)O. The first-order valence-corrected chi connectivity index (χ1v) is 5.73. The van der Waals surface area contributed by atoms with E-state index in [1.165, 1.54) is 0 Å². The molecule has 1 aliphatic carbocycles. The van der Waals surface area contributed by atoms with Crippen LogP contribution in [0, 0.1) is 11.8 Å². The van der Waals surface area contributed by atoms with Crippen LogP contribution in [-0.2, 0) is 4.79 Å². The highest BCUT2D eigenvalue weighted by Crippen LogP contribution is 2.47. The number of fused-ring (bicyclic) bond motifs is 1. The second-order valence-electron chi connectivity index (χ2n) is 4.66. The zero-order chi connectivity index (χ0) is 12.0. The Labute approximate surface area is 98.4 Å². The van der Waals surface area contributed by atoms with Crippen LogP contribution in [0.2, 0.25) is 0 Å². The average molecular weight is 230 g/mol. The van der Waals surface area contributed by atoms with E-state index in [2.05, 4.69) is 4.98 Å². The summed E-state index contributed by atoms with van der Waals surface area (Å²) in [5.74, 6) is -0.921. The molecular formula is C13H14N2O2. The molecule has 1 aliphatic rings. The van der Waals surface area contributed by atoms with Crippen molar-refractivity contribution in [2.45, 2.75) is 12.5 Å². The van der Waals surface area contributed by atoms with E-state index in [1.807, 2.05) is 30.5 Å². The molecule has 0 aliphatic heterocycles. The number of nitrogens with one attached hydrogen (secondary N) is 1. The minimum absolute atomic E-state index is 0.0757. The molecule has 3 atom stereocenters. The number of carbonyl (C=O) groups is 1. The summed E-state index contributed by atoms with van der Waals surface area (Å²) in [4.78, 5) is 14.0. The highest BCUT2D eigenvalue weighted by molar-refractivity contribution is 5.84. The summed E-state index contributed by atoms with van der Waals surface area (Å²) in [7, 11) is 0. The van der Waals surface area contributed by atoms with Gasteiger partial charge in [-0.2, -0.15) is 0 Å². The van der Waals surface area contributed by atoms with E-state index in [9.17, 15) is 4.79 Å². The van der Waals surface area contributed by atoms with Gasteiger partial charge in [0.15, 0.2) is 0 Å². The number of hydrogen-bond acceptors (Lipinski definition) is 2. The van der Waals surface area contributed by atoms with Crippen LogP contribution < -0.4 is 5.73 Å². The first kappa shape index (κ1) is 10.4. The lowest BCUT2D eigenvalue weighted by molar-refractivity contribution is -0.138. The predicted octanol–water partition coefficient (Wildman–Crippen LogP) is 1.89. The fourth-order valence-corrected chi connectivity index (χ4v) is 2.50. The van der Waals surface area contributed by atoms with Crippen LogP contribution in [0.4, 0.5) is 0 Å². The van der Waals surface area contributed by atoms with Gasteiger partial charge < -0.3 is 15.8 Å². The van der Waals surface area contributed by atoms with Crippen molar-refractivity contribution < 1.29 is 9.90 Å². The van der Waals surface area contributed by atoms with Crippen LogP contribution in [0.1, 0.15) is 18.0 Å². The van der Waals surface area contributed by atoms with Crippen molar-refractivity contribution in [1.29, 1.82) is 0 Å². The molecule has 4 heteroatoms. The van der Waals surface area contributed by atoms with Crippen molar-refractivity contribution in [3.05, 3.63) is 36.0 Å². The van der Waals surface area contributed by atoms with Crippen molar-refractivity contribution in [3.8, 4) is 0 Å². The molecule has 1 aromatic heterocycles. The van der Waals surface area contributed by atoms with Crippen molar-refractivity contribution in [3.63, 3.8) is 0 Å². The van der Waals surface area contributed by atoms with Gasteiger partial charge in [0, 0.05) is 23.1 Å². The molecular weight excluding hydrogens is 216 g/mol. The minimum Gasteiger partial charge on any atom is -0.481 e. The Balaban J connectivity index is 1.92. The molecule has 4 N–H and O–H groups in total. The Morgan fingerprint density at radius 3 is 2.94 bits per heavy atom. The van der Waals surface area contributed by atoms with Gasteiger partial charge in [-0.15, -0.1) is 0 Å². The smallest absolute Gasteiger partial charge is 0.306 e. The summed E-state index contributed by atoms with van der Waals surface area (Å²) in [5.41, 5.74) is 8.22. The molecule has 1 saturated carbocycles.